The maximum Gasteiger partial charge on any atom is 0.431 e. The summed E-state index contributed by atoms with van der Waals surface area (Å²) < 4.78 is 96.9. The molecule has 0 heterocycles. The highest BCUT2D eigenvalue weighted by Crippen LogP contribution is 2.41. The molecule has 0 amide bonds. The lowest BCUT2D eigenvalue weighted by Gasteiger charge is -2.23. The average Bonchev–Trinajstić information content (AvgIpc) is 2.64. The van der Waals surface area contributed by atoms with Gasteiger partial charge >= 0.3 is 27.3 Å². The lowest BCUT2D eigenvalue weighted by Crippen LogP contribution is -2.46. The minimum atomic E-state index is -6.23. The van der Waals surface area contributed by atoms with Crippen molar-refractivity contribution in [2.75, 3.05) is 20.0 Å². The van der Waals surface area contributed by atoms with Crippen LogP contribution in [0.3, 0.4) is 0 Å². The SMILES string of the molecule is C=C(COCCCCC(F)(F)C(F)(F)S(=O)(=O)O)C(=O)OCOC1CCCCC1. The standard InChI is InChI=1S/C17H26F4O7S/c1-13(15(22)28-12-27-14-7-3-2-4-8-14)11-26-10-6-5-9-16(18,19)17(20,21)29(23,24)25/h14H,1-12H2,(H,23,24,25). The molecule has 0 aromatic heterocycles. The van der Waals surface area contributed by atoms with E-state index in [2.05, 4.69) is 6.58 Å². The van der Waals surface area contributed by atoms with Crippen LogP contribution in [-0.2, 0) is 29.1 Å². The Hall–Kier alpha value is -1.24. The first-order valence-electron chi connectivity index (χ1n) is 9.15. The lowest BCUT2D eigenvalue weighted by atomic mass is 9.98. The first-order valence-corrected chi connectivity index (χ1v) is 10.6. The van der Waals surface area contributed by atoms with Crippen molar-refractivity contribution in [3.63, 3.8) is 0 Å². The van der Waals surface area contributed by atoms with Gasteiger partial charge in [0.15, 0.2) is 6.79 Å². The number of hydrogen-bond acceptors (Lipinski definition) is 6. The molecule has 1 aliphatic rings. The minimum Gasteiger partial charge on any atom is -0.435 e. The smallest absolute Gasteiger partial charge is 0.431 e. The van der Waals surface area contributed by atoms with E-state index < -0.39 is 40.1 Å². The molecule has 1 fully saturated rings. The van der Waals surface area contributed by atoms with Crippen LogP contribution >= 0.6 is 0 Å². The Bertz CT molecular complexity index is 646. The quantitative estimate of drug-likeness (QED) is 0.114. The summed E-state index contributed by atoms with van der Waals surface area (Å²) in [6.45, 7) is 2.85. The zero-order valence-electron chi connectivity index (χ0n) is 15.9. The van der Waals surface area contributed by atoms with E-state index in [4.69, 9.17) is 18.8 Å². The third-order valence-corrected chi connectivity index (χ3v) is 5.34. The second-order valence-corrected chi connectivity index (χ2v) is 8.25. The molecule has 1 N–H and O–H groups in total. The maximum atomic E-state index is 13.3. The van der Waals surface area contributed by atoms with Gasteiger partial charge in [0, 0.05) is 13.0 Å². The fourth-order valence-electron chi connectivity index (χ4n) is 2.66. The zero-order chi connectivity index (χ0) is 22.1. The normalized spacial score (nSPS) is 16.6. The summed E-state index contributed by atoms with van der Waals surface area (Å²) in [4.78, 5) is 11.7. The number of carbonyl (C=O) groups excluding carboxylic acids is 1. The summed E-state index contributed by atoms with van der Waals surface area (Å²) in [6.07, 6.45) is 3.12. The van der Waals surface area contributed by atoms with Crippen LogP contribution < -0.4 is 0 Å². The van der Waals surface area contributed by atoms with Gasteiger partial charge in [-0.2, -0.15) is 26.0 Å². The molecule has 0 aromatic carbocycles. The van der Waals surface area contributed by atoms with Gasteiger partial charge in [-0.1, -0.05) is 25.8 Å². The third-order valence-electron chi connectivity index (χ3n) is 4.39. The number of ether oxygens (including phenoxy) is 3. The number of hydrogen-bond donors (Lipinski definition) is 1. The Morgan fingerprint density at radius 1 is 1.10 bits per heavy atom. The van der Waals surface area contributed by atoms with Crippen molar-refractivity contribution in [2.45, 2.75) is 68.6 Å². The molecule has 0 saturated heterocycles. The average molecular weight is 450 g/mol. The first kappa shape index (κ1) is 25.8. The van der Waals surface area contributed by atoms with Gasteiger partial charge in [-0.05, 0) is 25.7 Å². The Labute approximate surface area is 167 Å². The molecule has 0 unspecified atom stereocenters. The first-order chi connectivity index (χ1) is 13.4. The van der Waals surface area contributed by atoms with Gasteiger partial charge in [0.25, 0.3) is 0 Å². The van der Waals surface area contributed by atoms with E-state index in [1.165, 1.54) is 0 Å². The molecule has 0 bridgehead atoms. The van der Waals surface area contributed by atoms with Crippen LogP contribution in [0.2, 0.25) is 0 Å². The maximum absolute atomic E-state index is 13.3. The van der Waals surface area contributed by atoms with Crippen LogP contribution in [0.15, 0.2) is 12.2 Å². The number of alkyl halides is 4. The fourth-order valence-corrected chi connectivity index (χ4v) is 3.14. The van der Waals surface area contributed by atoms with E-state index in [0.717, 1.165) is 32.1 Å². The molecular formula is C17H26F4O7S. The third kappa shape index (κ3) is 8.19. The van der Waals surface area contributed by atoms with E-state index in [1.807, 2.05) is 0 Å². The van der Waals surface area contributed by atoms with Gasteiger partial charge in [-0.15, -0.1) is 0 Å². The van der Waals surface area contributed by atoms with Crippen LogP contribution in [-0.4, -0.2) is 56.2 Å². The number of halogens is 4. The van der Waals surface area contributed by atoms with Crippen molar-refractivity contribution in [1.29, 1.82) is 0 Å². The van der Waals surface area contributed by atoms with Crippen molar-refractivity contribution in [3.8, 4) is 0 Å². The predicted molar refractivity (Wildman–Crippen MR) is 94.2 cm³/mol. The molecule has 1 aliphatic carbocycles. The van der Waals surface area contributed by atoms with Crippen LogP contribution in [0.1, 0.15) is 51.4 Å². The van der Waals surface area contributed by atoms with Crippen molar-refractivity contribution >= 4 is 16.1 Å². The van der Waals surface area contributed by atoms with Crippen molar-refractivity contribution in [3.05, 3.63) is 12.2 Å². The lowest BCUT2D eigenvalue weighted by molar-refractivity contribution is -0.165. The Morgan fingerprint density at radius 2 is 1.72 bits per heavy atom. The molecule has 1 saturated carbocycles. The van der Waals surface area contributed by atoms with Gasteiger partial charge in [-0.25, -0.2) is 4.79 Å². The van der Waals surface area contributed by atoms with Gasteiger partial charge in [0.05, 0.1) is 18.3 Å². The Morgan fingerprint density at radius 3 is 2.31 bits per heavy atom. The number of rotatable bonds is 13. The van der Waals surface area contributed by atoms with Crippen LogP contribution in [0.25, 0.3) is 0 Å². The van der Waals surface area contributed by atoms with Gasteiger partial charge in [-0.3, -0.25) is 4.55 Å². The summed E-state index contributed by atoms with van der Waals surface area (Å²) >= 11 is 0. The summed E-state index contributed by atoms with van der Waals surface area (Å²) in [5.74, 6) is -5.66. The number of esters is 1. The zero-order valence-corrected chi connectivity index (χ0v) is 16.7. The van der Waals surface area contributed by atoms with E-state index in [-0.39, 0.29) is 38.1 Å². The Balaban J connectivity index is 2.17. The van der Waals surface area contributed by atoms with E-state index in [9.17, 15) is 30.8 Å². The highest BCUT2D eigenvalue weighted by atomic mass is 32.2. The minimum absolute atomic E-state index is 0.0273. The second-order valence-electron chi connectivity index (χ2n) is 6.79. The molecule has 0 spiro atoms. The number of unbranched alkanes of at least 4 members (excludes halogenated alkanes) is 1. The molecule has 0 aliphatic heterocycles. The second kappa shape index (κ2) is 11.2. The molecule has 170 valence electrons. The van der Waals surface area contributed by atoms with E-state index in [1.54, 1.807) is 0 Å². The molecule has 29 heavy (non-hydrogen) atoms. The predicted octanol–water partition coefficient (Wildman–Crippen LogP) is 3.70. The van der Waals surface area contributed by atoms with Crippen molar-refractivity contribution in [2.24, 2.45) is 0 Å². The highest BCUT2D eigenvalue weighted by Gasteiger charge is 2.64. The summed E-state index contributed by atoms with van der Waals surface area (Å²) in [7, 11) is -6.23. The van der Waals surface area contributed by atoms with Gasteiger partial charge < -0.3 is 14.2 Å². The molecule has 0 atom stereocenters. The largest absolute Gasteiger partial charge is 0.435 e. The molecule has 1 rings (SSSR count). The molecule has 0 radical (unpaired) electrons. The monoisotopic (exact) mass is 450 g/mol. The van der Waals surface area contributed by atoms with Crippen LogP contribution in [0.4, 0.5) is 17.6 Å². The van der Waals surface area contributed by atoms with Gasteiger partial charge in [0.2, 0.25) is 0 Å². The molecule has 0 aromatic rings. The fraction of sp³-hybridized carbons (Fsp3) is 0.824. The van der Waals surface area contributed by atoms with E-state index >= 15 is 0 Å². The van der Waals surface area contributed by atoms with E-state index in [0.29, 0.717) is 0 Å². The van der Waals surface area contributed by atoms with Crippen molar-refractivity contribution in [1.82, 2.24) is 0 Å². The molecule has 7 nitrogen and oxygen atoms in total. The molecule has 12 heteroatoms. The number of carbonyl (C=O) groups is 1. The van der Waals surface area contributed by atoms with Gasteiger partial charge in [0.1, 0.15) is 0 Å². The highest BCUT2D eigenvalue weighted by molar-refractivity contribution is 7.87. The summed E-state index contributed by atoms with van der Waals surface area (Å²) in [5, 5.41) is -5.57. The van der Waals surface area contributed by atoms with Crippen LogP contribution in [0, 0.1) is 0 Å². The summed E-state index contributed by atoms with van der Waals surface area (Å²) in [5.41, 5.74) is -0.0273. The topological polar surface area (TPSA) is 99.1 Å². The summed E-state index contributed by atoms with van der Waals surface area (Å²) in [6, 6.07) is 0. The van der Waals surface area contributed by atoms with Crippen molar-refractivity contribution < 1.29 is 49.5 Å². The Kier molecular flexibility index (Phi) is 9.99. The van der Waals surface area contributed by atoms with Crippen LogP contribution in [0.5, 0.6) is 0 Å². The molecular weight excluding hydrogens is 424 g/mol.